The molecule has 0 radical (unpaired) electrons. The van der Waals surface area contributed by atoms with Gasteiger partial charge in [0.25, 0.3) is 0 Å². The smallest absolute Gasteiger partial charge is 0.104 e. The average molecular weight is 192 g/mol. The Hall–Kier alpha value is -0.200. The molecule has 0 saturated carbocycles. The van der Waals surface area contributed by atoms with Crippen LogP contribution in [0.25, 0.3) is 0 Å². The van der Waals surface area contributed by atoms with Gasteiger partial charge in [-0.2, -0.15) is 0 Å². The van der Waals surface area contributed by atoms with Crippen LogP contribution in [0, 0.1) is 0 Å². The zero-order valence-electron chi connectivity index (χ0n) is 7.52. The molecule has 1 saturated heterocycles. The fourth-order valence-electron chi connectivity index (χ4n) is 0.769. The first kappa shape index (κ1) is 10.9. The molecule has 5 nitrogen and oxygen atoms in total. The normalized spacial score (nSPS) is 23.1. The topological polar surface area (TPSA) is 71.5 Å². The van der Waals surface area contributed by atoms with Gasteiger partial charge in [-0.05, 0) is 0 Å². The molecule has 1 fully saturated rings. The van der Waals surface area contributed by atoms with E-state index >= 15 is 0 Å². The first-order valence-corrected chi connectivity index (χ1v) is 4.39. The van der Waals surface area contributed by atoms with Gasteiger partial charge in [0.15, 0.2) is 0 Å². The summed E-state index contributed by atoms with van der Waals surface area (Å²) in [5, 5.41) is 17.3. The van der Waals surface area contributed by atoms with Gasteiger partial charge in [-0.3, -0.25) is 0 Å². The Labute approximate surface area is 77.2 Å². The predicted octanol–water partition coefficient (Wildman–Crippen LogP) is -1.23. The second-order valence-corrected chi connectivity index (χ2v) is 2.94. The Bertz CT molecular complexity index is 126. The Balaban J connectivity index is 1.72. The second kappa shape index (κ2) is 6.28. The molecule has 1 rings (SSSR count). The van der Waals surface area contributed by atoms with Crippen molar-refractivity contribution in [2.75, 3.05) is 39.6 Å². The molecular weight excluding hydrogens is 176 g/mol. The average Bonchev–Trinajstić information content (AvgIpc) is 2.94. The maximum absolute atomic E-state index is 8.88. The second-order valence-electron chi connectivity index (χ2n) is 2.94. The summed E-state index contributed by atoms with van der Waals surface area (Å²) in [6.45, 7) is 2.23. The largest absolute Gasteiger partial charge is 0.394 e. The van der Waals surface area contributed by atoms with Crippen molar-refractivity contribution in [2.24, 2.45) is 0 Å². The van der Waals surface area contributed by atoms with Gasteiger partial charge in [0.05, 0.1) is 39.6 Å². The third kappa shape index (κ3) is 5.95. The quantitative estimate of drug-likeness (QED) is 0.372. The number of aliphatic hydroxyl groups excluding tert-OH is 2. The highest BCUT2D eigenvalue weighted by molar-refractivity contribution is 4.66. The number of aliphatic hydroxyl groups is 2. The molecule has 0 amide bonds. The van der Waals surface area contributed by atoms with Gasteiger partial charge in [-0.25, -0.2) is 0 Å². The lowest BCUT2D eigenvalue weighted by molar-refractivity contribution is -0.0161. The van der Waals surface area contributed by atoms with Crippen molar-refractivity contribution in [1.82, 2.24) is 0 Å². The number of ether oxygens (including phenoxy) is 3. The van der Waals surface area contributed by atoms with E-state index < -0.39 is 6.10 Å². The van der Waals surface area contributed by atoms with Crippen molar-refractivity contribution in [1.29, 1.82) is 0 Å². The lowest BCUT2D eigenvalue weighted by Crippen LogP contribution is -2.21. The molecule has 13 heavy (non-hydrogen) atoms. The van der Waals surface area contributed by atoms with E-state index in [0.717, 1.165) is 6.61 Å². The minimum absolute atomic E-state index is 0.153. The molecule has 0 spiro atoms. The lowest BCUT2D eigenvalue weighted by atomic mass is 10.4. The SMILES string of the molecule is OCC(O)COCCOCC1CO1. The highest BCUT2D eigenvalue weighted by Crippen LogP contribution is 2.07. The summed E-state index contributed by atoms with van der Waals surface area (Å²) in [5.41, 5.74) is 0. The monoisotopic (exact) mass is 192 g/mol. The molecule has 1 heterocycles. The van der Waals surface area contributed by atoms with Crippen molar-refractivity contribution in [3.63, 3.8) is 0 Å². The van der Waals surface area contributed by atoms with Crippen LogP contribution in [0.5, 0.6) is 0 Å². The molecule has 0 aliphatic carbocycles. The van der Waals surface area contributed by atoms with E-state index in [2.05, 4.69) is 0 Å². The van der Waals surface area contributed by atoms with Crippen molar-refractivity contribution >= 4 is 0 Å². The van der Waals surface area contributed by atoms with E-state index in [-0.39, 0.29) is 19.3 Å². The minimum atomic E-state index is -0.785. The number of hydrogen-bond acceptors (Lipinski definition) is 5. The van der Waals surface area contributed by atoms with Crippen molar-refractivity contribution in [2.45, 2.75) is 12.2 Å². The van der Waals surface area contributed by atoms with Gasteiger partial charge in [0.1, 0.15) is 12.2 Å². The van der Waals surface area contributed by atoms with E-state index in [1.807, 2.05) is 0 Å². The summed E-state index contributed by atoms with van der Waals surface area (Å²) in [7, 11) is 0. The summed E-state index contributed by atoms with van der Waals surface area (Å²) in [5.74, 6) is 0. The zero-order valence-corrected chi connectivity index (χ0v) is 7.52. The van der Waals surface area contributed by atoms with Crippen LogP contribution in [-0.2, 0) is 14.2 Å². The summed E-state index contributed by atoms with van der Waals surface area (Å²) in [6, 6.07) is 0. The van der Waals surface area contributed by atoms with Gasteiger partial charge < -0.3 is 24.4 Å². The lowest BCUT2D eigenvalue weighted by Gasteiger charge is -2.07. The van der Waals surface area contributed by atoms with Crippen LogP contribution in [0.2, 0.25) is 0 Å². The number of hydrogen-bond donors (Lipinski definition) is 2. The first-order valence-electron chi connectivity index (χ1n) is 4.39. The summed E-state index contributed by atoms with van der Waals surface area (Å²) >= 11 is 0. The van der Waals surface area contributed by atoms with Gasteiger partial charge in [-0.1, -0.05) is 0 Å². The van der Waals surface area contributed by atoms with Crippen molar-refractivity contribution in [3.05, 3.63) is 0 Å². The Kier molecular flexibility index (Phi) is 5.26. The van der Waals surface area contributed by atoms with Gasteiger partial charge in [0, 0.05) is 0 Å². The highest BCUT2D eigenvalue weighted by atomic mass is 16.6. The third-order valence-electron chi connectivity index (χ3n) is 1.60. The Morgan fingerprint density at radius 2 is 2.08 bits per heavy atom. The Morgan fingerprint density at radius 3 is 2.69 bits per heavy atom. The van der Waals surface area contributed by atoms with Crippen molar-refractivity contribution < 1.29 is 24.4 Å². The third-order valence-corrected chi connectivity index (χ3v) is 1.60. The molecule has 1 aliphatic rings. The molecule has 2 N–H and O–H groups in total. The van der Waals surface area contributed by atoms with E-state index in [9.17, 15) is 0 Å². The number of rotatable bonds is 8. The minimum Gasteiger partial charge on any atom is -0.394 e. The van der Waals surface area contributed by atoms with Crippen molar-refractivity contribution in [3.8, 4) is 0 Å². The highest BCUT2D eigenvalue weighted by Gasteiger charge is 2.21. The fraction of sp³-hybridized carbons (Fsp3) is 1.00. The number of epoxide rings is 1. The van der Waals surface area contributed by atoms with Crippen LogP contribution in [-0.4, -0.2) is 62.1 Å². The van der Waals surface area contributed by atoms with Gasteiger partial charge in [-0.15, -0.1) is 0 Å². The fourth-order valence-corrected chi connectivity index (χ4v) is 0.769. The molecule has 1 aliphatic heterocycles. The van der Waals surface area contributed by atoms with E-state index in [4.69, 9.17) is 24.4 Å². The van der Waals surface area contributed by atoms with Crippen LogP contribution in [0.4, 0.5) is 0 Å². The molecule has 0 aromatic rings. The first-order chi connectivity index (χ1) is 6.33. The molecule has 78 valence electrons. The molecule has 0 aromatic heterocycles. The summed E-state index contributed by atoms with van der Waals surface area (Å²) < 4.78 is 15.1. The van der Waals surface area contributed by atoms with Crippen LogP contribution in [0.1, 0.15) is 0 Å². The van der Waals surface area contributed by atoms with Crippen LogP contribution in [0.3, 0.4) is 0 Å². The maximum Gasteiger partial charge on any atom is 0.104 e. The summed E-state index contributed by atoms with van der Waals surface area (Å²) in [4.78, 5) is 0. The molecule has 0 aromatic carbocycles. The Morgan fingerprint density at radius 1 is 1.38 bits per heavy atom. The predicted molar refractivity (Wildman–Crippen MR) is 44.5 cm³/mol. The molecule has 0 bridgehead atoms. The van der Waals surface area contributed by atoms with E-state index in [0.29, 0.717) is 19.8 Å². The van der Waals surface area contributed by atoms with Gasteiger partial charge in [0.2, 0.25) is 0 Å². The van der Waals surface area contributed by atoms with Crippen LogP contribution < -0.4 is 0 Å². The van der Waals surface area contributed by atoms with E-state index in [1.54, 1.807) is 0 Å². The molecule has 2 atom stereocenters. The molecule has 2 unspecified atom stereocenters. The standard InChI is InChI=1S/C8H16O5/c9-3-7(10)4-11-1-2-12-5-8-6-13-8/h7-10H,1-6H2. The maximum atomic E-state index is 8.88. The summed E-state index contributed by atoms with van der Waals surface area (Å²) in [6.07, 6.45) is -0.505. The molecular formula is C8H16O5. The van der Waals surface area contributed by atoms with E-state index in [1.165, 1.54) is 0 Å². The van der Waals surface area contributed by atoms with Gasteiger partial charge >= 0.3 is 0 Å². The molecule has 5 heteroatoms. The van der Waals surface area contributed by atoms with Crippen LogP contribution in [0.15, 0.2) is 0 Å². The van der Waals surface area contributed by atoms with Crippen LogP contribution >= 0.6 is 0 Å². The zero-order chi connectivity index (χ0) is 9.52.